The summed E-state index contributed by atoms with van der Waals surface area (Å²) in [5.41, 5.74) is 8.70. The summed E-state index contributed by atoms with van der Waals surface area (Å²) >= 11 is 0. The first-order valence-electron chi connectivity index (χ1n) is 13.1. The number of aliphatic hydroxyl groups is 1. The number of aryl methyl sites for hydroxylation is 4. The van der Waals surface area contributed by atoms with Crippen molar-refractivity contribution in [2.45, 2.75) is 78.4 Å². The number of nitrogens with zero attached hydrogens (tertiary/aromatic N) is 3. The van der Waals surface area contributed by atoms with Gasteiger partial charge in [0, 0.05) is 35.4 Å². The second kappa shape index (κ2) is 11.3. The second-order valence-corrected chi connectivity index (χ2v) is 9.87. The number of fused-ring (bicyclic) bond motifs is 1. The second-order valence-electron chi connectivity index (χ2n) is 9.87. The molecule has 1 heterocycles. The number of hydrogen-bond acceptors (Lipinski definition) is 5. The highest BCUT2D eigenvalue weighted by molar-refractivity contribution is 5.67. The van der Waals surface area contributed by atoms with E-state index in [-0.39, 0.29) is 12.6 Å². The molecule has 2 N–H and O–H groups in total. The molecule has 35 heavy (non-hydrogen) atoms. The summed E-state index contributed by atoms with van der Waals surface area (Å²) in [5, 5.41) is 13.3. The Bertz CT molecular complexity index is 1140. The minimum absolute atomic E-state index is 0.0510. The lowest BCUT2D eigenvalue weighted by Crippen LogP contribution is -2.29. The molecule has 1 aliphatic rings. The Kier molecular flexibility index (Phi) is 8.19. The van der Waals surface area contributed by atoms with Crippen LogP contribution in [0, 0.1) is 6.92 Å². The summed E-state index contributed by atoms with van der Waals surface area (Å²) < 4.78 is 0. The van der Waals surface area contributed by atoms with Gasteiger partial charge < -0.3 is 10.4 Å². The van der Waals surface area contributed by atoms with Gasteiger partial charge >= 0.3 is 0 Å². The summed E-state index contributed by atoms with van der Waals surface area (Å²) in [4.78, 5) is 12.6. The van der Waals surface area contributed by atoms with Crippen molar-refractivity contribution in [2.24, 2.45) is 0 Å². The molecule has 0 saturated carbocycles. The third kappa shape index (κ3) is 5.41. The van der Waals surface area contributed by atoms with Crippen LogP contribution in [-0.2, 0) is 25.8 Å². The summed E-state index contributed by atoms with van der Waals surface area (Å²) in [6, 6.07) is 15.6. The molecule has 1 aromatic heterocycles. The molecule has 3 aromatic rings. The van der Waals surface area contributed by atoms with Crippen LogP contribution in [0.15, 0.2) is 42.5 Å². The van der Waals surface area contributed by atoms with Gasteiger partial charge in [-0.05, 0) is 75.3 Å². The van der Waals surface area contributed by atoms with E-state index in [4.69, 9.17) is 9.97 Å². The summed E-state index contributed by atoms with van der Waals surface area (Å²) in [6.07, 6.45) is 5.40. The van der Waals surface area contributed by atoms with E-state index in [1.807, 2.05) is 6.92 Å². The first-order valence-corrected chi connectivity index (χ1v) is 13.1. The molecule has 1 aliphatic carbocycles. The lowest BCUT2D eigenvalue weighted by atomic mass is 9.87. The van der Waals surface area contributed by atoms with Crippen LogP contribution in [0.3, 0.4) is 0 Å². The van der Waals surface area contributed by atoms with Gasteiger partial charge in [-0.25, -0.2) is 9.97 Å². The van der Waals surface area contributed by atoms with Gasteiger partial charge in [0.2, 0.25) is 0 Å². The quantitative estimate of drug-likeness (QED) is 0.407. The molecule has 2 atom stereocenters. The fraction of sp³-hybridized carbons (Fsp3) is 0.467. The van der Waals surface area contributed by atoms with Crippen LogP contribution in [0.4, 0.5) is 5.82 Å². The van der Waals surface area contributed by atoms with E-state index in [2.05, 4.69) is 80.5 Å². The maximum absolute atomic E-state index is 9.79. The zero-order valence-electron chi connectivity index (χ0n) is 21.9. The third-order valence-corrected chi connectivity index (χ3v) is 7.37. The summed E-state index contributed by atoms with van der Waals surface area (Å²) in [5.74, 6) is 1.61. The van der Waals surface area contributed by atoms with Crippen molar-refractivity contribution in [3.8, 4) is 11.4 Å². The van der Waals surface area contributed by atoms with E-state index in [1.165, 1.54) is 28.7 Å². The Morgan fingerprint density at radius 2 is 1.77 bits per heavy atom. The molecule has 1 unspecified atom stereocenters. The van der Waals surface area contributed by atoms with Crippen LogP contribution < -0.4 is 5.32 Å². The van der Waals surface area contributed by atoms with E-state index in [0.29, 0.717) is 6.04 Å². The van der Waals surface area contributed by atoms with E-state index in [1.54, 1.807) is 0 Å². The smallest absolute Gasteiger partial charge is 0.162 e. The number of hydrogen-bond donors (Lipinski definition) is 2. The SMILES string of the molecule is CCc1cccc(CC)c1-c1nc(C)c(CN(C)[C@H]2CCCc3ccccc32)c(NC(C)CO)n1. The topological polar surface area (TPSA) is 61.3 Å². The molecule has 5 nitrogen and oxygen atoms in total. The average molecular weight is 473 g/mol. The van der Waals surface area contributed by atoms with Crippen molar-refractivity contribution in [1.82, 2.24) is 14.9 Å². The highest BCUT2D eigenvalue weighted by Gasteiger charge is 2.26. The lowest BCUT2D eigenvalue weighted by molar-refractivity contribution is 0.212. The number of rotatable bonds is 9. The van der Waals surface area contributed by atoms with Crippen LogP contribution in [0.25, 0.3) is 11.4 Å². The van der Waals surface area contributed by atoms with Crippen LogP contribution in [-0.4, -0.2) is 39.7 Å². The van der Waals surface area contributed by atoms with Gasteiger partial charge in [-0.1, -0.05) is 56.3 Å². The zero-order valence-corrected chi connectivity index (χ0v) is 21.9. The zero-order chi connectivity index (χ0) is 24.9. The standard InChI is InChI=1S/C30H40N4O/c1-6-22-13-10-14-23(7-2)28(22)30-32-21(4)26(29(33-30)31-20(3)19-35)18-34(5)27-17-11-15-24-12-8-9-16-25(24)27/h8-10,12-14,16,20,27,35H,6-7,11,15,17-19H2,1-5H3,(H,31,32,33)/t20?,27-/m0/s1. The van der Waals surface area contributed by atoms with Gasteiger partial charge in [-0.15, -0.1) is 0 Å². The Morgan fingerprint density at radius 1 is 1.06 bits per heavy atom. The summed E-state index contributed by atoms with van der Waals surface area (Å²) in [6.45, 7) is 9.25. The molecular formula is C30H40N4O. The predicted octanol–water partition coefficient (Wildman–Crippen LogP) is 5.88. The summed E-state index contributed by atoms with van der Waals surface area (Å²) in [7, 11) is 2.21. The Balaban J connectivity index is 1.74. The van der Waals surface area contributed by atoms with E-state index in [0.717, 1.165) is 60.7 Å². The van der Waals surface area contributed by atoms with Crippen LogP contribution in [0.1, 0.15) is 73.2 Å². The van der Waals surface area contributed by atoms with Gasteiger partial charge in [0.05, 0.1) is 6.61 Å². The predicted molar refractivity (Wildman–Crippen MR) is 145 cm³/mol. The molecule has 0 fully saturated rings. The van der Waals surface area contributed by atoms with Gasteiger partial charge in [0.1, 0.15) is 5.82 Å². The number of benzene rings is 2. The minimum atomic E-state index is -0.0938. The van der Waals surface area contributed by atoms with Crippen LogP contribution in [0.2, 0.25) is 0 Å². The molecule has 0 amide bonds. The van der Waals surface area contributed by atoms with Crippen molar-refractivity contribution in [3.63, 3.8) is 0 Å². The number of anilines is 1. The third-order valence-electron chi connectivity index (χ3n) is 7.37. The van der Waals surface area contributed by atoms with Gasteiger partial charge in [-0.2, -0.15) is 0 Å². The first kappa shape index (κ1) is 25.3. The monoisotopic (exact) mass is 472 g/mol. The van der Waals surface area contributed by atoms with E-state index in [9.17, 15) is 5.11 Å². The minimum Gasteiger partial charge on any atom is -0.394 e. The average Bonchev–Trinajstić information content (AvgIpc) is 2.89. The highest BCUT2D eigenvalue weighted by Crippen LogP contribution is 2.36. The molecule has 0 saturated heterocycles. The lowest BCUT2D eigenvalue weighted by Gasteiger charge is -2.34. The number of aromatic nitrogens is 2. The van der Waals surface area contributed by atoms with Crippen LogP contribution in [0.5, 0.6) is 0 Å². The van der Waals surface area contributed by atoms with Gasteiger partial charge in [0.15, 0.2) is 5.82 Å². The highest BCUT2D eigenvalue weighted by atomic mass is 16.3. The molecule has 0 radical (unpaired) electrons. The normalized spacial score (nSPS) is 16.3. The number of aliphatic hydroxyl groups excluding tert-OH is 1. The van der Waals surface area contributed by atoms with Crippen molar-refractivity contribution in [3.05, 3.63) is 76.0 Å². The molecule has 4 rings (SSSR count). The largest absolute Gasteiger partial charge is 0.394 e. The van der Waals surface area contributed by atoms with Crippen molar-refractivity contribution >= 4 is 5.82 Å². The van der Waals surface area contributed by atoms with Crippen molar-refractivity contribution < 1.29 is 5.11 Å². The van der Waals surface area contributed by atoms with Gasteiger partial charge in [0.25, 0.3) is 0 Å². The molecule has 2 aromatic carbocycles. The molecule has 0 bridgehead atoms. The molecule has 5 heteroatoms. The fourth-order valence-electron chi connectivity index (χ4n) is 5.37. The molecular weight excluding hydrogens is 432 g/mol. The molecule has 186 valence electrons. The first-order chi connectivity index (χ1) is 17.0. The maximum Gasteiger partial charge on any atom is 0.162 e. The van der Waals surface area contributed by atoms with Crippen molar-refractivity contribution in [2.75, 3.05) is 19.0 Å². The van der Waals surface area contributed by atoms with Crippen LogP contribution >= 0.6 is 0 Å². The Morgan fingerprint density at radius 3 is 2.46 bits per heavy atom. The van der Waals surface area contributed by atoms with Gasteiger partial charge in [-0.3, -0.25) is 4.90 Å². The molecule has 0 spiro atoms. The maximum atomic E-state index is 9.79. The van der Waals surface area contributed by atoms with E-state index >= 15 is 0 Å². The molecule has 0 aliphatic heterocycles. The van der Waals surface area contributed by atoms with E-state index < -0.39 is 0 Å². The number of nitrogens with one attached hydrogen (secondary N) is 1. The Labute approximate surface area is 210 Å². The Hall–Kier alpha value is -2.76. The van der Waals surface area contributed by atoms with Crippen molar-refractivity contribution in [1.29, 1.82) is 0 Å². The fourth-order valence-corrected chi connectivity index (χ4v) is 5.37.